The third-order valence-electron chi connectivity index (χ3n) is 10.6. The van der Waals surface area contributed by atoms with Crippen molar-refractivity contribution in [2.75, 3.05) is 61.9 Å². The van der Waals surface area contributed by atoms with Gasteiger partial charge in [0.25, 0.3) is 0 Å². The summed E-state index contributed by atoms with van der Waals surface area (Å²) < 4.78 is 59.1. The number of nitrogens with one attached hydrogen (secondary N) is 3. The number of ether oxygens (including phenoxy) is 1. The van der Waals surface area contributed by atoms with E-state index < -0.39 is 43.0 Å². The molecule has 2 amide bonds. The van der Waals surface area contributed by atoms with E-state index in [0.29, 0.717) is 39.0 Å². The second kappa shape index (κ2) is 14.2. The normalized spacial score (nSPS) is 25.4. The van der Waals surface area contributed by atoms with Gasteiger partial charge >= 0.3 is 6.09 Å². The summed E-state index contributed by atoms with van der Waals surface area (Å²) in [5.74, 6) is -0.325. The van der Waals surface area contributed by atoms with Crippen molar-refractivity contribution in [3.8, 4) is 0 Å². The lowest BCUT2D eigenvalue weighted by Gasteiger charge is -2.44. The molecule has 3 N–H and O–H groups in total. The van der Waals surface area contributed by atoms with Gasteiger partial charge in [0.15, 0.2) is 0 Å². The summed E-state index contributed by atoms with van der Waals surface area (Å²) in [6, 6.07) is 6.93. The number of para-hydroxylation sites is 1. The van der Waals surface area contributed by atoms with Crippen LogP contribution in [0.3, 0.4) is 0 Å². The zero-order valence-electron chi connectivity index (χ0n) is 29.1. The van der Waals surface area contributed by atoms with E-state index in [-0.39, 0.29) is 54.3 Å². The molecule has 0 radical (unpaired) electrons. The van der Waals surface area contributed by atoms with Gasteiger partial charge in [0, 0.05) is 62.7 Å². The molecule has 4 atom stereocenters. The molecule has 0 spiro atoms. The SMILES string of the molecule is Cc1ccccc1N1CCN(S(=O)(=O)CC23CCC(CC2NC(=O)[C@H](CCS(C)(=O)=O)NCCNC(=O)OC(C)(C)C)C3(C)C)CC1. The van der Waals surface area contributed by atoms with Crippen molar-refractivity contribution in [2.45, 2.75) is 84.9 Å². The number of hydrogen-bond acceptors (Lipinski definition) is 9. The first kappa shape index (κ1) is 37.4. The van der Waals surface area contributed by atoms with Gasteiger partial charge in [-0.15, -0.1) is 0 Å². The van der Waals surface area contributed by atoms with Gasteiger partial charge < -0.3 is 25.6 Å². The number of anilines is 1. The number of benzene rings is 1. The van der Waals surface area contributed by atoms with E-state index in [0.717, 1.165) is 23.9 Å². The Balaban J connectivity index is 1.44. The fourth-order valence-electron chi connectivity index (χ4n) is 7.82. The van der Waals surface area contributed by atoms with Crippen molar-refractivity contribution in [1.82, 2.24) is 20.3 Å². The molecule has 3 fully saturated rings. The quantitative estimate of drug-likeness (QED) is 0.264. The molecule has 266 valence electrons. The molecule has 12 nitrogen and oxygen atoms in total. The van der Waals surface area contributed by atoms with Crippen LogP contribution in [0.15, 0.2) is 24.3 Å². The van der Waals surface area contributed by atoms with Crippen LogP contribution in [0.4, 0.5) is 10.5 Å². The van der Waals surface area contributed by atoms with E-state index in [9.17, 15) is 26.4 Å². The number of sulfonamides is 1. The number of hydrogen-bond donors (Lipinski definition) is 3. The lowest BCUT2D eigenvalue weighted by Crippen LogP contribution is -2.58. The molecule has 14 heteroatoms. The molecule has 1 heterocycles. The highest BCUT2D eigenvalue weighted by Crippen LogP contribution is 2.66. The molecule has 1 aromatic carbocycles. The first-order valence-corrected chi connectivity index (χ1v) is 20.4. The number of nitrogens with zero attached hydrogens (tertiary/aromatic N) is 2. The van der Waals surface area contributed by atoms with Crippen molar-refractivity contribution in [2.24, 2.45) is 16.7 Å². The van der Waals surface area contributed by atoms with Crippen molar-refractivity contribution in [3.63, 3.8) is 0 Å². The third-order valence-corrected chi connectivity index (χ3v) is 13.6. The summed E-state index contributed by atoms with van der Waals surface area (Å²) in [5, 5.41) is 8.93. The average Bonchev–Trinajstić information content (AvgIpc) is 3.30. The van der Waals surface area contributed by atoms with E-state index in [1.165, 1.54) is 0 Å². The highest BCUT2D eigenvalue weighted by Gasteiger charge is 2.66. The minimum atomic E-state index is -3.65. The number of alkyl carbamates (subject to hydrolysis) is 1. The van der Waals surface area contributed by atoms with Crippen LogP contribution in [0, 0.1) is 23.7 Å². The van der Waals surface area contributed by atoms with E-state index in [2.05, 4.69) is 53.8 Å². The van der Waals surface area contributed by atoms with Crippen LogP contribution in [0.1, 0.15) is 65.9 Å². The Morgan fingerprint density at radius 2 is 1.70 bits per heavy atom. The number of carbonyl (C=O) groups excluding carboxylic acids is 2. The van der Waals surface area contributed by atoms with Crippen molar-refractivity contribution in [1.29, 1.82) is 0 Å². The Bertz CT molecular complexity index is 1500. The van der Waals surface area contributed by atoms with Crippen LogP contribution < -0.4 is 20.9 Å². The lowest BCUT2D eigenvalue weighted by molar-refractivity contribution is -0.125. The number of carbonyl (C=O) groups is 2. The molecule has 2 aliphatic carbocycles. The zero-order valence-corrected chi connectivity index (χ0v) is 30.7. The van der Waals surface area contributed by atoms with Crippen molar-refractivity contribution in [3.05, 3.63) is 29.8 Å². The van der Waals surface area contributed by atoms with Crippen LogP contribution in [0.25, 0.3) is 0 Å². The second-order valence-electron chi connectivity index (χ2n) is 15.2. The number of amides is 2. The number of fused-ring (bicyclic) bond motifs is 2. The zero-order chi connectivity index (χ0) is 34.8. The first-order chi connectivity index (χ1) is 21.7. The molecule has 3 unspecified atom stereocenters. The topological polar surface area (TPSA) is 154 Å². The monoisotopic (exact) mass is 697 g/mol. The Morgan fingerprint density at radius 3 is 2.30 bits per heavy atom. The molecular formula is C33H55N5O7S2. The van der Waals surface area contributed by atoms with Gasteiger partial charge in [0.2, 0.25) is 15.9 Å². The van der Waals surface area contributed by atoms with E-state index in [1.54, 1.807) is 25.1 Å². The van der Waals surface area contributed by atoms with Gasteiger partial charge in [-0.1, -0.05) is 32.0 Å². The summed E-state index contributed by atoms with van der Waals surface area (Å²) in [4.78, 5) is 28.1. The van der Waals surface area contributed by atoms with Crippen molar-refractivity contribution >= 4 is 37.5 Å². The Kier molecular flexibility index (Phi) is 11.3. The van der Waals surface area contributed by atoms with Crippen molar-refractivity contribution < 1.29 is 31.2 Å². The fraction of sp³-hybridized carbons (Fsp3) is 0.758. The maximum Gasteiger partial charge on any atom is 0.407 e. The van der Waals surface area contributed by atoms with Crippen LogP contribution >= 0.6 is 0 Å². The second-order valence-corrected chi connectivity index (χ2v) is 19.4. The molecule has 47 heavy (non-hydrogen) atoms. The van der Waals surface area contributed by atoms with E-state index in [4.69, 9.17) is 4.74 Å². The Morgan fingerprint density at radius 1 is 1.04 bits per heavy atom. The van der Waals surface area contributed by atoms with E-state index >= 15 is 0 Å². The fourth-order valence-corrected chi connectivity index (χ4v) is 10.8. The smallest absolute Gasteiger partial charge is 0.407 e. The van der Waals surface area contributed by atoms with Crippen LogP contribution in [-0.4, -0.2) is 108 Å². The maximum atomic E-state index is 14.1. The largest absolute Gasteiger partial charge is 0.444 e. The summed E-state index contributed by atoms with van der Waals surface area (Å²) >= 11 is 0. The minimum absolute atomic E-state index is 0.0416. The number of rotatable bonds is 13. The Hall–Kier alpha value is -2.42. The molecule has 3 aliphatic rings. The summed E-state index contributed by atoms with van der Waals surface area (Å²) in [7, 11) is -6.99. The van der Waals surface area contributed by atoms with Crippen LogP contribution in [0.2, 0.25) is 0 Å². The standard InChI is InChI=1S/C33H55N5O7S2/c1-24-10-8-9-11-27(24)37-17-19-38(20-18-37)47(43,44)23-33-14-12-25(32(33,5)6)22-28(33)36-29(39)26(13-21-46(7,41)42)34-15-16-35-30(40)45-31(2,3)4/h8-11,25-26,28,34H,12-23H2,1-7H3,(H,35,40)(H,36,39)/t25?,26-,28?,33?/m0/s1. The molecule has 1 aromatic rings. The number of aryl methyl sites for hydroxylation is 1. The highest BCUT2D eigenvalue weighted by molar-refractivity contribution is 7.90. The first-order valence-electron chi connectivity index (χ1n) is 16.7. The van der Waals surface area contributed by atoms with Gasteiger partial charge in [-0.2, -0.15) is 4.31 Å². The summed E-state index contributed by atoms with van der Waals surface area (Å²) in [5.41, 5.74) is 0.673. The molecule has 1 saturated heterocycles. The molecule has 2 bridgehead atoms. The van der Waals surface area contributed by atoms with Gasteiger partial charge in [0.05, 0.1) is 17.5 Å². The van der Waals surface area contributed by atoms with Crippen LogP contribution in [-0.2, 0) is 29.4 Å². The summed E-state index contributed by atoms with van der Waals surface area (Å²) in [6.07, 6.45) is 2.87. The molecule has 1 aliphatic heterocycles. The maximum absolute atomic E-state index is 14.1. The number of piperazine rings is 1. The molecule has 4 rings (SSSR count). The lowest BCUT2D eigenvalue weighted by atomic mass is 9.69. The van der Waals surface area contributed by atoms with Gasteiger partial charge in [-0.25, -0.2) is 21.6 Å². The van der Waals surface area contributed by atoms with Gasteiger partial charge in [0.1, 0.15) is 15.4 Å². The summed E-state index contributed by atoms with van der Waals surface area (Å²) in [6.45, 7) is 14.0. The molecular weight excluding hydrogens is 643 g/mol. The molecule has 2 saturated carbocycles. The average molecular weight is 698 g/mol. The predicted octanol–water partition coefficient (Wildman–Crippen LogP) is 2.68. The van der Waals surface area contributed by atoms with Gasteiger partial charge in [-0.05, 0) is 76.3 Å². The minimum Gasteiger partial charge on any atom is -0.444 e. The highest BCUT2D eigenvalue weighted by atomic mass is 32.2. The predicted molar refractivity (Wildman–Crippen MR) is 185 cm³/mol. The van der Waals surface area contributed by atoms with Gasteiger partial charge in [-0.3, -0.25) is 4.79 Å². The van der Waals surface area contributed by atoms with Crippen LogP contribution in [0.5, 0.6) is 0 Å². The Labute approximate surface area is 281 Å². The third kappa shape index (κ3) is 8.98. The number of sulfone groups is 1. The van der Waals surface area contributed by atoms with E-state index in [1.807, 2.05) is 12.1 Å². The molecule has 0 aromatic heterocycles.